The topological polar surface area (TPSA) is 65.1 Å². The molecule has 14 heavy (non-hydrogen) atoms. The van der Waals surface area contributed by atoms with Crippen molar-refractivity contribution in [2.75, 3.05) is 13.7 Å². The minimum Gasteiger partial charge on any atom is -0.385 e. The lowest BCUT2D eigenvalue weighted by molar-refractivity contribution is 0.182. The number of rotatable bonds is 6. The van der Waals surface area contributed by atoms with E-state index in [1.165, 1.54) is 0 Å². The molecule has 0 aromatic carbocycles. The van der Waals surface area contributed by atoms with E-state index in [4.69, 9.17) is 10.6 Å². The maximum atomic E-state index is 5.43. The van der Waals surface area contributed by atoms with Crippen LogP contribution in [0.1, 0.15) is 12.1 Å². The number of nitrogens with one attached hydrogen (secondary N) is 1. The second-order valence-electron chi connectivity index (χ2n) is 3.33. The molecule has 5 heteroatoms. The lowest BCUT2D eigenvalue weighted by Crippen LogP contribution is -2.37. The van der Waals surface area contributed by atoms with E-state index in [0.29, 0.717) is 6.61 Å². The minimum absolute atomic E-state index is 0.227. The van der Waals surface area contributed by atoms with Gasteiger partial charge < -0.3 is 4.74 Å². The molecule has 3 N–H and O–H groups in total. The maximum absolute atomic E-state index is 5.43. The molecule has 1 aromatic heterocycles. The fourth-order valence-electron chi connectivity index (χ4n) is 1.33. The van der Waals surface area contributed by atoms with Crippen molar-refractivity contribution in [2.45, 2.75) is 18.9 Å². The van der Waals surface area contributed by atoms with Crippen molar-refractivity contribution in [1.82, 2.24) is 15.2 Å². The number of methoxy groups -OCH3 is 1. The second-order valence-corrected chi connectivity index (χ2v) is 3.33. The lowest BCUT2D eigenvalue weighted by Gasteiger charge is -2.13. The third-order valence-corrected chi connectivity index (χ3v) is 2.13. The van der Waals surface area contributed by atoms with Crippen LogP contribution in [-0.2, 0) is 18.2 Å². The number of nitrogens with zero attached hydrogens (tertiary/aromatic N) is 2. The molecule has 0 fully saturated rings. The lowest BCUT2D eigenvalue weighted by atomic mass is 10.1. The number of aryl methyl sites for hydroxylation is 1. The van der Waals surface area contributed by atoms with Crippen molar-refractivity contribution in [3.05, 3.63) is 18.0 Å². The zero-order valence-electron chi connectivity index (χ0n) is 8.73. The zero-order valence-corrected chi connectivity index (χ0v) is 8.73. The molecule has 0 spiro atoms. The normalized spacial score (nSPS) is 13.1. The van der Waals surface area contributed by atoms with Crippen LogP contribution in [0.2, 0.25) is 0 Å². The predicted octanol–water partition coefficient (Wildman–Crippen LogP) is -0.169. The Kier molecular flexibility index (Phi) is 4.58. The third kappa shape index (κ3) is 3.45. The Labute approximate surface area is 84.2 Å². The molecule has 0 radical (unpaired) electrons. The molecule has 1 heterocycles. The van der Waals surface area contributed by atoms with Crippen LogP contribution < -0.4 is 11.3 Å². The van der Waals surface area contributed by atoms with Crippen LogP contribution in [0.4, 0.5) is 0 Å². The van der Waals surface area contributed by atoms with E-state index in [-0.39, 0.29) is 6.04 Å². The van der Waals surface area contributed by atoms with Crippen LogP contribution in [-0.4, -0.2) is 29.5 Å². The van der Waals surface area contributed by atoms with E-state index < -0.39 is 0 Å². The Balaban J connectivity index is 2.40. The van der Waals surface area contributed by atoms with E-state index in [1.54, 1.807) is 11.8 Å². The Hall–Kier alpha value is -0.910. The smallest absolute Gasteiger partial charge is 0.0640 e. The van der Waals surface area contributed by atoms with Crippen molar-refractivity contribution in [2.24, 2.45) is 12.9 Å². The van der Waals surface area contributed by atoms with Crippen molar-refractivity contribution < 1.29 is 4.74 Å². The first kappa shape index (κ1) is 11.2. The fourth-order valence-corrected chi connectivity index (χ4v) is 1.33. The first-order valence-electron chi connectivity index (χ1n) is 4.70. The Morgan fingerprint density at radius 1 is 1.71 bits per heavy atom. The summed E-state index contributed by atoms with van der Waals surface area (Å²) in [6.45, 7) is 0.710. The Morgan fingerprint density at radius 2 is 2.50 bits per heavy atom. The average molecular weight is 198 g/mol. The van der Waals surface area contributed by atoms with Gasteiger partial charge in [-0.15, -0.1) is 0 Å². The molecule has 0 saturated heterocycles. The summed E-state index contributed by atoms with van der Waals surface area (Å²) in [5.74, 6) is 5.43. The van der Waals surface area contributed by atoms with Gasteiger partial charge in [0.2, 0.25) is 0 Å². The number of ether oxygens (including phenoxy) is 1. The summed E-state index contributed by atoms with van der Waals surface area (Å²) in [5, 5.41) is 4.29. The molecular weight excluding hydrogens is 180 g/mol. The molecule has 0 aliphatic carbocycles. The number of nitrogens with two attached hydrogens (primary N) is 1. The van der Waals surface area contributed by atoms with E-state index in [2.05, 4.69) is 10.5 Å². The first-order valence-corrected chi connectivity index (χ1v) is 4.70. The zero-order chi connectivity index (χ0) is 10.4. The molecule has 80 valence electrons. The summed E-state index contributed by atoms with van der Waals surface area (Å²) in [7, 11) is 3.60. The molecule has 1 aromatic rings. The van der Waals surface area contributed by atoms with Crippen LogP contribution in [0.15, 0.2) is 12.3 Å². The highest BCUT2D eigenvalue weighted by Crippen LogP contribution is 2.02. The molecule has 5 nitrogen and oxygen atoms in total. The predicted molar refractivity (Wildman–Crippen MR) is 54.5 cm³/mol. The van der Waals surface area contributed by atoms with E-state index in [0.717, 1.165) is 18.5 Å². The summed E-state index contributed by atoms with van der Waals surface area (Å²) >= 11 is 0. The van der Waals surface area contributed by atoms with E-state index in [1.807, 2.05) is 19.3 Å². The Bertz CT molecular complexity index is 261. The number of aromatic nitrogens is 2. The van der Waals surface area contributed by atoms with Gasteiger partial charge in [-0.25, -0.2) is 0 Å². The highest BCUT2D eigenvalue weighted by Gasteiger charge is 2.08. The average Bonchev–Trinajstić information content (AvgIpc) is 2.58. The van der Waals surface area contributed by atoms with E-state index in [9.17, 15) is 0 Å². The van der Waals surface area contributed by atoms with Crippen LogP contribution in [0.25, 0.3) is 0 Å². The van der Waals surface area contributed by atoms with Gasteiger partial charge in [-0.2, -0.15) is 5.10 Å². The standard InChI is InChI=1S/C9H18N4O/c1-13-5-3-9(12-13)7-8(11-10)4-6-14-2/h3,5,8,11H,4,6-7,10H2,1-2H3. The molecule has 1 atom stereocenters. The van der Waals surface area contributed by atoms with Gasteiger partial charge in [0.25, 0.3) is 0 Å². The van der Waals surface area contributed by atoms with Gasteiger partial charge in [-0.1, -0.05) is 0 Å². The first-order chi connectivity index (χ1) is 6.76. The molecule has 1 rings (SSSR count). The quantitative estimate of drug-likeness (QED) is 0.492. The molecule has 0 aliphatic heterocycles. The minimum atomic E-state index is 0.227. The van der Waals surface area contributed by atoms with Crippen LogP contribution in [0, 0.1) is 0 Å². The van der Waals surface area contributed by atoms with Gasteiger partial charge >= 0.3 is 0 Å². The molecule has 0 saturated carbocycles. The molecule has 0 amide bonds. The third-order valence-electron chi connectivity index (χ3n) is 2.13. The number of hydrazine groups is 1. The number of hydrogen-bond acceptors (Lipinski definition) is 4. The fraction of sp³-hybridized carbons (Fsp3) is 0.667. The summed E-state index contributed by atoms with van der Waals surface area (Å²) in [6, 6.07) is 2.22. The van der Waals surface area contributed by atoms with Crippen LogP contribution >= 0.6 is 0 Å². The summed E-state index contributed by atoms with van der Waals surface area (Å²) < 4.78 is 6.79. The summed E-state index contributed by atoms with van der Waals surface area (Å²) in [4.78, 5) is 0. The highest BCUT2D eigenvalue weighted by atomic mass is 16.5. The van der Waals surface area contributed by atoms with Gasteiger partial charge in [0.1, 0.15) is 0 Å². The second kappa shape index (κ2) is 5.74. The SMILES string of the molecule is COCCC(Cc1ccn(C)n1)NN. The largest absolute Gasteiger partial charge is 0.385 e. The van der Waals surface area contributed by atoms with Gasteiger partial charge in [0.05, 0.1) is 5.69 Å². The molecule has 0 bridgehead atoms. The van der Waals surface area contributed by atoms with Crippen LogP contribution in [0.3, 0.4) is 0 Å². The van der Waals surface area contributed by atoms with Crippen molar-refractivity contribution >= 4 is 0 Å². The monoisotopic (exact) mass is 198 g/mol. The maximum Gasteiger partial charge on any atom is 0.0640 e. The van der Waals surface area contributed by atoms with Crippen molar-refractivity contribution in [1.29, 1.82) is 0 Å². The van der Waals surface area contributed by atoms with Crippen molar-refractivity contribution in [3.63, 3.8) is 0 Å². The van der Waals surface area contributed by atoms with Crippen molar-refractivity contribution in [3.8, 4) is 0 Å². The van der Waals surface area contributed by atoms with Gasteiger partial charge in [-0.3, -0.25) is 16.0 Å². The molecule has 1 unspecified atom stereocenters. The molecular formula is C9H18N4O. The number of hydrogen-bond donors (Lipinski definition) is 2. The summed E-state index contributed by atoms with van der Waals surface area (Å²) in [5.41, 5.74) is 3.81. The highest BCUT2D eigenvalue weighted by molar-refractivity contribution is 5.00. The van der Waals surface area contributed by atoms with Gasteiger partial charge in [-0.05, 0) is 12.5 Å². The van der Waals surface area contributed by atoms with E-state index >= 15 is 0 Å². The Morgan fingerprint density at radius 3 is 3.00 bits per heavy atom. The van der Waals surface area contributed by atoms with Gasteiger partial charge in [0.15, 0.2) is 0 Å². The summed E-state index contributed by atoms with van der Waals surface area (Å²) in [6.07, 6.45) is 3.66. The molecule has 0 aliphatic rings. The van der Waals surface area contributed by atoms with Gasteiger partial charge in [0, 0.05) is 39.4 Å². The van der Waals surface area contributed by atoms with Crippen LogP contribution in [0.5, 0.6) is 0 Å².